The predicted molar refractivity (Wildman–Crippen MR) is 43.1 cm³/mol. The van der Waals surface area contributed by atoms with Crippen LogP contribution < -0.4 is 5.32 Å². The highest BCUT2D eigenvalue weighted by Gasteiger charge is 2.08. The molecule has 0 amide bonds. The molecule has 0 saturated carbocycles. The highest BCUT2D eigenvalue weighted by molar-refractivity contribution is 5.49. The molecule has 0 atom stereocenters. The van der Waals surface area contributed by atoms with Crippen LogP contribution in [-0.4, -0.2) is 11.7 Å². The summed E-state index contributed by atoms with van der Waals surface area (Å²) in [5.74, 6) is 0.348. The van der Waals surface area contributed by atoms with Crippen LogP contribution in [0.4, 0.5) is 5.69 Å². The normalized spacial score (nSPS) is 15.3. The van der Waals surface area contributed by atoms with E-state index in [0.29, 0.717) is 5.75 Å². The Labute approximate surface area is 65.9 Å². The van der Waals surface area contributed by atoms with Crippen molar-refractivity contribution in [3.05, 3.63) is 23.8 Å². The van der Waals surface area contributed by atoms with Gasteiger partial charge in [-0.3, -0.25) is 5.32 Å². The third-order valence-electron chi connectivity index (χ3n) is 1.95. The predicted octanol–water partition coefficient (Wildman–Crippen LogP) is 1.57. The summed E-state index contributed by atoms with van der Waals surface area (Å²) in [6.45, 7) is 0.928. The first-order chi connectivity index (χ1) is 5.36. The van der Waals surface area contributed by atoms with E-state index in [9.17, 15) is 0 Å². The second-order valence-corrected chi connectivity index (χ2v) is 2.80. The zero-order valence-electron chi connectivity index (χ0n) is 6.25. The van der Waals surface area contributed by atoms with Crippen LogP contribution in [0.1, 0.15) is 12.0 Å². The maximum atomic E-state index is 9.15. The fraction of sp³-hybridized carbons (Fsp3) is 0.333. The molecule has 2 rings (SSSR count). The van der Waals surface area contributed by atoms with Crippen LogP contribution in [0.3, 0.4) is 0 Å². The SMILES string of the molecule is Oc1ccc2c(c1)CCC[N]2. The van der Waals surface area contributed by atoms with E-state index < -0.39 is 0 Å². The van der Waals surface area contributed by atoms with Crippen molar-refractivity contribution in [3.8, 4) is 5.75 Å². The van der Waals surface area contributed by atoms with Gasteiger partial charge in [0.1, 0.15) is 5.75 Å². The van der Waals surface area contributed by atoms with E-state index in [0.717, 1.165) is 25.1 Å². The molecule has 1 radical (unpaired) electrons. The van der Waals surface area contributed by atoms with Crippen molar-refractivity contribution in [3.63, 3.8) is 0 Å². The molecule has 57 valence electrons. The fourth-order valence-corrected chi connectivity index (χ4v) is 1.40. The number of rotatable bonds is 0. The zero-order valence-corrected chi connectivity index (χ0v) is 6.25. The summed E-state index contributed by atoms with van der Waals surface area (Å²) >= 11 is 0. The number of phenolic OH excluding ortho intramolecular Hbond substituents is 1. The molecule has 0 fully saturated rings. The van der Waals surface area contributed by atoms with Crippen LogP contribution in [0, 0.1) is 0 Å². The molecule has 1 aromatic rings. The van der Waals surface area contributed by atoms with E-state index in [4.69, 9.17) is 5.11 Å². The lowest BCUT2D eigenvalue weighted by Gasteiger charge is -2.14. The van der Waals surface area contributed by atoms with Crippen LogP contribution in [0.2, 0.25) is 0 Å². The Morgan fingerprint density at radius 2 is 2.27 bits per heavy atom. The van der Waals surface area contributed by atoms with E-state index in [2.05, 4.69) is 5.32 Å². The minimum atomic E-state index is 0.348. The lowest BCUT2D eigenvalue weighted by molar-refractivity contribution is 0.473. The maximum Gasteiger partial charge on any atom is 0.116 e. The van der Waals surface area contributed by atoms with Crippen molar-refractivity contribution in [2.45, 2.75) is 12.8 Å². The summed E-state index contributed by atoms with van der Waals surface area (Å²) in [7, 11) is 0. The Kier molecular flexibility index (Phi) is 1.46. The Hall–Kier alpha value is -1.18. The van der Waals surface area contributed by atoms with Crippen molar-refractivity contribution in [1.29, 1.82) is 0 Å². The molecular weight excluding hydrogens is 138 g/mol. The fourth-order valence-electron chi connectivity index (χ4n) is 1.40. The van der Waals surface area contributed by atoms with Crippen LogP contribution in [0.15, 0.2) is 18.2 Å². The molecule has 0 aliphatic carbocycles. The summed E-state index contributed by atoms with van der Waals surface area (Å²) in [6.07, 6.45) is 2.16. The largest absolute Gasteiger partial charge is 0.508 e. The molecule has 0 saturated heterocycles. The number of hydrogen-bond donors (Lipinski definition) is 1. The van der Waals surface area contributed by atoms with Crippen LogP contribution in [-0.2, 0) is 6.42 Å². The average Bonchev–Trinajstić information content (AvgIpc) is 2.04. The molecule has 1 heterocycles. The quantitative estimate of drug-likeness (QED) is 0.595. The molecule has 1 N–H and O–H groups in total. The first kappa shape index (κ1) is 6.53. The highest BCUT2D eigenvalue weighted by atomic mass is 16.3. The van der Waals surface area contributed by atoms with Gasteiger partial charge in [0.05, 0.1) is 5.69 Å². The third-order valence-corrected chi connectivity index (χ3v) is 1.95. The number of benzene rings is 1. The van der Waals surface area contributed by atoms with Gasteiger partial charge >= 0.3 is 0 Å². The Morgan fingerprint density at radius 3 is 3.18 bits per heavy atom. The lowest BCUT2D eigenvalue weighted by atomic mass is 10.0. The minimum Gasteiger partial charge on any atom is -0.508 e. The van der Waals surface area contributed by atoms with Gasteiger partial charge in [-0.25, -0.2) is 0 Å². The molecule has 1 aliphatic heterocycles. The van der Waals surface area contributed by atoms with Gasteiger partial charge in [0.15, 0.2) is 0 Å². The summed E-state index contributed by atoms with van der Waals surface area (Å²) in [5.41, 5.74) is 2.23. The van der Waals surface area contributed by atoms with E-state index in [1.54, 1.807) is 12.1 Å². The van der Waals surface area contributed by atoms with Gasteiger partial charge in [-0.2, -0.15) is 0 Å². The molecule has 0 aromatic heterocycles. The molecule has 1 aliphatic rings. The minimum absolute atomic E-state index is 0.348. The third kappa shape index (κ3) is 1.16. The van der Waals surface area contributed by atoms with Crippen molar-refractivity contribution < 1.29 is 5.11 Å². The summed E-state index contributed by atoms with van der Waals surface area (Å²) in [6, 6.07) is 5.37. The van der Waals surface area contributed by atoms with Crippen molar-refractivity contribution in [2.75, 3.05) is 6.54 Å². The summed E-state index contributed by atoms with van der Waals surface area (Å²) in [4.78, 5) is 0. The van der Waals surface area contributed by atoms with Gasteiger partial charge in [0.2, 0.25) is 0 Å². The van der Waals surface area contributed by atoms with Crippen LogP contribution in [0.25, 0.3) is 0 Å². The Balaban J connectivity index is 2.43. The van der Waals surface area contributed by atoms with Gasteiger partial charge in [-0.05, 0) is 36.6 Å². The van der Waals surface area contributed by atoms with Crippen LogP contribution in [0.5, 0.6) is 5.75 Å². The second-order valence-electron chi connectivity index (χ2n) is 2.80. The molecule has 11 heavy (non-hydrogen) atoms. The number of aromatic hydroxyl groups is 1. The first-order valence-electron chi connectivity index (χ1n) is 3.86. The number of hydrogen-bond acceptors (Lipinski definition) is 1. The van der Waals surface area contributed by atoms with Crippen molar-refractivity contribution in [1.82, 2.24) is 5.32 Å². The van der Waals surface area contributed by atoms with Crippen LogP contribution >= 0.6 is 0 Å². The van der Waals surface area contributed by atoms with E-state index in [-0.39, 0.29) is 0 Å². The van der Waals surface area contributed by atoms with Gasteiger partial charge in [-0.1, -0.05) is 0 Å². The Morgan fingerprint density at radius 1 is 1.36 bits per heavy atom. The molecule has 0 spiro atoms. The number of fused-ring (bicyclic) bond motifs is 1. The molecule has 2 nitrogen and oxygen atoms in total. The standard InChI is InChI=1S/C9H10NO/c11-8-3-4-9-7(6-8)2-1-5-10-9/h3-4,6,11H,1-2,5H2. The summed E-state index contributed by atoms with van der Waals surface area (Å²) in [5, 5.41) is 13.5. The monoisotopic (exact) mass is 148 g/mol. The second kappa shape index (κ2) is 2.46. The Bertz CT molecular complexity index is 270. The van der Waals surface area contributed by atoms with Crippen molar-refractivity contribution in [2.24, 2.45) is 0 Å². The van der Waals surface area contributed by atoms with Gasteiger partial charge < -0.3 is 5.11 Å². The molecule has 0 bridgehead atoms. The molecule has 2 heteroatoms. The van der Waals surface area contributed by atoms with E-state index >= 15 is 0 Å². The average molecular weight is 148 g/mol. The van der Waals surface area contributed by atoms with Gasteiger partial charge in [0, 0.05) is 6.54 Å². The molecule has 0 unspecified atom stereocenters. The maximum absolute atomic E-state index is 9.15. The summed E-state index contributed by atoms with van der Waals surface area (Å²) < 4.78 is 0. The highest BCUT2D eigenvalue weighted by Crippen LogP contribution is 2.25. The number of nitrogens with zero attached hydrogens (tertiary/aromatic N) is 1. The lowest BCUT2D eigenvalue weighted by Crippen LogP contribution is -2.09. The molecule has 1 aromatic carbocycles. The number of phenols is 1. The molecular formula is C9H10NO. The smallest absolute Gasteiger partial charge is 0.116 e. The van der Waals surface area contributed by atoms with E-state index in [1.807, 2.05) is 6.07 Å². The first-order valence-corrected chi connectivity index (χ1v) is 3.86. The number of aryl methyl sites for hydroxylation is 1. The zero-order chi connectivity index (χ0) is 7.68. The van der Waals surface area contributed by atoms with Crippen molar-refractivity contribution >= 4 is 5.69 Å². The van der Waals surface area contributed by atoms with Gasteiger partial charge in [-0.15, -0.1) is 0 Å². The van der Waals surface area contributed by atoms with Gasteiger partial charge in [0.25, 0.3) is 0 Å². The topological polar surface area (TPSA) is 34.3 Å². The van der Waals surface area contributed by atoms with E-state index in [1.165, 1.54) is 5.56 Å².